The smallest absolute Gasteiger partial charge is 0.267 e. The summed E-state index contributed by atoms with van der Waals surface area (Å²) in [6, 6.07) is 15.1. The van der Waals surface area contributed by atoms with Crippen LogP contribution in [0, 0.1) is 0 Å². The maximum absolute atomic E-state index is 12.8. The lowest BCUT2D eigenvalue weighted by Gasteiger charge is -2.37. The SMILES string of the molecule is O=C([C@@H]1Cc2ccccc2O1)N1CCN(C(=O)[C@@H]2COc3ccccc3O2)CC1. The monoisotopic (exact) mass is 394 g/mol. The van der Waals surface area contributed by atoms with Crippen molar-refractivity contribution in [2.75, 3.05) is 32.8 Å². The van der Waals surface area contributed by atoms with Crippen LogP contribution >= 0.6 is 0 Å². The lowest BCUT2D eigenvalue weighted by Crippen LogP contribution is -2.56. The third-order valence-corrected chi connectivity index (χ3v) is 5.61. The second-order valence-electron chi connectivity index (χ2n) is 7.43. The second kappa shape index (κ2) is 7.31. The molecule has 0 spiro atoms. The van der Waals surface area contributed by atoms with Crippen LogP contribution in [0.4, 0.5) is 0 Å². The van der Waals surface area contributed by atoms with E-state index in [-0.39, 0.29) is 18.4 Å². The van der Waals surface area contributed by atoms with Crippen LogP contribution in [0.25, 0.3) is 0 Å². The zero-order valence-electron chi connectivity index (χ0n) is 16.0. The molecule has 1 saturated heterocycles. The Morgan fingerprint density at radius 3 is 1.97 bits per heavy atom. The van der Waals surface area contributed by atoms with Crippen LogP contribution < -0.4 is 14.2 Å². The van der Waals surface area contributed by atoms with E-state index in [0.29, 0.717) is 44.1 Å². The summed E-state index contributed by atoms with van der Waals surface area (Å²) in [6.45, 7) is 2.14. The van der Waals surface area contributed by atoms with Crippen molar-refractivity contribution in [2.24, 2.45) is 0 Å². The second-order valence-corrected chi connectivity index (χ2v) is 7.43. The van der Waals surface area contributed by atoms with Crippen molar-refractivity contribution in [3.63, 3.8) is 0 Å². The minimum absolute atomic E-state index is 0.0144. The third-order valence-electron chi connectivity index (χ3n) is 5.61. The van der Waals surface area contributed by atoms with Gasteiger partial charge in [-0.2, -0.15) is 0 Å². The Morgan fingerprint density at radius 2 is 1.28 bits per heavy atom. The first kappa shape index (κ1) is 17.8. The lowest BCUT2D eigenvalue weighted by atomic mass is 10.1. The van der Waals surface area contributed by atoms with E-state index in [9.17, 15) is 9.59 Å². The highest BCUT2D eigenvalue weighted by Crippen LogP contribution is 2.32. The van der Waals surface area contributed by atoms with Crippen molar-refractivity contribution < 1.29 is 23.8 Å². The topological polar surface area (TPSA) is 68.3 Å². The summed E-state index contributed by atoms with van der Waals surface area (Å²) in [5, 5.41) is 0. The number of amides is 2. The van der Waals surface area contributed by atoms with Crippen LogP contribution in [-0.4, -0.2) is 66.6 Å². The number of piperazine rings is 1. The van der Waals surface area contributed by atoms with Crippen LogP contribution in [0.5, 0.6) is 17.2 Å². The zero-order valence-corrected chi connectivity index (χ0v) is 16.0. The van der Waals surface area contributed by atoms with Gasteiger partial charge in [0.25, 0.3) is 11.8 Å². The van der Waals surface area contributed by atoms with Crippen LogP contribution in [0.1, 0.15) is 5.56 Å². The standard InChI is InChI=1S/C22H22N2O5/c25-21(19-13-15-5-1-2-6-16(15)28-19)23-9-11-24(12-10-23)22(26)20-14-27-17-7-3-4-8-18(17)29-20/h1-8,19-20H,9-14H2/t19-,20-/m0/s1. The molecular formula is C22H22N2O5. The Labute approximate surface area is 168 Å². The minimum Gasteiger partial charge on any atom is -0.485 e. The van der Waals surface area contributed by atoms with Crippen LogP contribution in [-0.2, 0) is 16.0 Å². The molecular weight excluding hydrogens is 372 g/mol. The first-order valence-electron chi connectivity index (χ1n) is 9.89. The van der Waals surface area contributed by atoms with E-state index in [4.69, 9.17) is 14.2 Å². The summed E-state index contributed by atoms with van der Waals surface area (Å²) in [5.74, 6) is 1.92. The minimum atomic E-state index is -0.653. The number of carbonyl (C=O) groups excluding carboxylic acids is 2. The van der Waals surface area contributed by atoms with Crippen molar-refractivity contribution in [3.05, 3.63) is 54.1 Å². The maximum Gasteiger partial charge on any atom is 0.267 e. The molecule has 0 aliphatic carbocycles. The number of para-hydroxylation sites is 3. The molecule has 7 nitrogen and oxygen atoms in total. The molecule has 0 N–H and O–H groups in total. The molecule has 2 aromatic rings. The van der Waals surface area contributed by atoms with Gasteiger partial charge in [0, 0.05) is 32.6 Å². The summed E-state index contributed by atoms with van der Waals surface area (Å²) in [5.41, 5.74) is 1.06. The first-order valence-corrected chi connectivity index (χ1v) is 9.89. The summed E-state index contributed by atoms with van der Waals surface area (Å²) in [4.78, 5) is 29.2. The van der Waals surface area contributed by atoms with E-state index in [1.54, 1.807) is 15.9 Å². The van der Waals surface area contributed by atoms with Crippen LogP contribution in [0.15, 0.2) is 48.5 Å². The number of nitrogens with zero attached hydrogens (tertiary/aromatic N) is 2. The normalized spacial score (nSPS) is 22.6. The molecule has 7 heteroatoms. The van der Waals surface area contributed by atoms with Crippen molar-refractivity contribution >= 4 is 11.8 Å². The van der Waals surface area contributed by atoms with Crippen LogP contribution in [0.3, 0.4) is 0 Å². The summed E-state index contributed by atoms with van der Waals surface area (Å²) >= 11 is 0. The van der Waals surface area contributed by atoms with E-state index >= 15 is 0 Å². The Kier molecular flexibility index (Phi) is 4.50. The van der Waals surface area contributed by atoms with E-state index in [1.807, 2.05) is 42.5 Å². The molecule has 3 aliphatic heterocycles. The highest BCUT2D eigenvalue weighted by atomic mass is 16.6. The fourth-order valence-electron chi connectivity index (χ4n) is 4.02. The van der Waals surface area contributed by atoms with Gasteiger partial charge in [0.05, 0.1) is 0 Å². The number of carbonyl (C=O) groups is 2. The third kappa shape index (κ3) is 3.37. The molecule has 29 heavy (non-hydrogen) atoms. The summed E-state index contributed by atoms with van der Waals surface area (Å²) in [6.07, 6.45) is -0.526. The molecule has 0 bridgehead atoms. The molecule has 2 amide bonds. The van der Waals surface area contributed by atoms with Crippen molar-refractivity contribution in [2.45, 2.75) is 18.6 Å². The molecule has 2 aromatic carbocycles. The number of ether oxygens (including phenoxy) is 3. The first-order chi connectivity index (χ1) is 14.2. The lowest BCUT2D eigenvalue weighted by molar-refractivity contribution is -0.148. The van der Waals surface area contributed by atoms with E-state index < -0.39 is 12.2 Å². The molecule has 150 valence electrons. The van der Waals surface area contributed by atoms with E-state index in [0.717, 1.165) is 11.3 Å². The predicted molar refractivity (Wildman–Crippen MR) is 104 cm³/mol. The number of hydrogen-bond donors (Lipinski definition) is 0. The Bertz CT molecular complexity index is 913. The van der Waals surface area contributed by atoms with Gasteiger partial charge in [0.15, 0.2) is 17.6 Å². The van der Waals surface area contributed by atoms with Crippen molar-refractivity contribution in [1.29, 1.82) is 0 Å². The van der Waals surface area contributed by atoms with Gasteiger partial charge in [-0.15, -0.1) is 0 Å². The molecule has 0 saturated carbocycles. The summed E-state index contributed by atoms with van der Waals surface area (Å²) in [7, 11) is 0. The maximum atomic E-state index is 12.8. The Hall–Kier alpha value is -3.22. The molecule has 3 heterocycles. The molecule has 2 atom stereocenters. The zero-order chi connectivity index (χ0) is 19.8. The Balaban J connectivity index is 1.16. The van der Waals surface area contributed by atoms with Gasteiger partial charge in [0.1, 0.15) is 12.4 Å². The highest BCUT2D eigenvalue weighted by Gasteiger charge is 2.36. The molecule has 3 aliphatic rings. The van der Waals surface area contributed by atoms with Gasteiger partial charge in [-0.1, -0.05) is 30.3 Å². The van der Waals surface area contributed by atoms with Gasteiger partial charge in [-0.05, 0) is 23.8 Å². The number of hydrogen-bond acceptors (Lipinski definition) is 5. The van der Waals surface area contributed by atoms with Gasteiger partial charge < -0.3 is 24.0 Å². The molecule has 0 aromatic heterocycles. The fraction of sp³-hybridized carbons (Fsp3) is 0.364. The number of fused-ring (bicyclic) bond motifs is 2. The average Bonchev–Trinajstić information content (AvgIpc) is 3.22. The van der Waals surface area contributed by atoms with Gasteiger partial charge in [0.2, 0.25) is 6.10 Å². The molecule has 1 fully saturated rings. The summed E-state index contributed by atoms with van der Waals surface area (Å²) < 4.78 is 17.3. The van der Waals surface area contributed by atoms with Gasteiger partial charge in [-0.25, -0.2) is 0 Å². The quantitative estimate of drug-likeness (QED) is 0.772. The predicted octanol–water partition coefficient (Wildman–Crippen LogP) is 1.50. The van der Waals surface area contributed by atoms with E-state index in [2.05, 4.69) is 0 Å². The molecule has 0 unspecified atom stereocenters. The van der Waals surface area contributed by atoms with Crippen LogP contribution in [0.2, 0.25) is 0 Å². The molecule has 0 radical (unpaired) electrons. The van der Waals surface area contributed by atoms with E-state index in [1.165, 1.54) is 0 Å². The van der Waals surface area contributed by atoms with Gasteiger partial charge in [-0.3, -0.25) is 9.59 Å². The fourth-order valence-corrected chi connectivity index (χ4v) is 4.02. The van der Waals surface area contributed by atoms with Crippen molar-refractivity contribution in [1.82, 2.24) is 9.80 Å². The highest BCUT2D eigenvalue weighted by molar-refractivity contribution is 5.84. The average molecular weight is 394 g/mol. The largest absolute Gasteiger partial charge is 0.485 e. The number of rotatable bonds is 2. The Morgan fingerprint density at radius 1 is 0.724 bits per heavy atom. The number of benzene rings is 2. The van der Waals surface area contributed by atoms with Crippen molar-refractivity contribution in [3.8, 4) is 17.2 Å². The van der Waals surface area contributed by atoms with Gasteiger partial charge >= 0.3 is 0 Å². The molecule has 5 rings (SSSR count).